The van der Waals surface area contributed by atoms with Crippen LogP contribution in [0.2, 0.25) is 0 Å². The summed E-state index contributed by atoms with van der Waals surface area (Å²) in [5, 5.41) is 6.55. The molecule has 0 aromatic rings. The van der Waals surface area contributed by atoms with Crippen molar-refractivity contribution in [1.82, 2.24) is 10.6 Å². The first-order valence-corrected chi connectivity index (χ1v) is 7.50. The number of methoxy groups -OCH3 is 2. The van der Waals surface area contributed by atoms with Crippen molar-refractivity contribution in [3.05, 3.63) is 0 Å². The van der Waals surface area contributed by atoms with Crippen LogP contribution in [-0.4, -0.2) is 52.0 Å². The normalized spacial score (nSPS) is 31.4. The van der Waals surface area contributed by atoms with Crippen LogP contribution in [-0.2, 0) is 14.3 Å². The maximum atomic E-state index is 12.7. The minimum absolute atomic E-state index is 0.00554. The molecule has 1 amide bonds. The predicted octanol–water partition coefficient (Wildman–Crippen LogP) is 0.932. The smallest absolute Gasteiger partial charge is 0.228 e. The lowest BCUT2D eigenvalue weighted by Gasteiger charge is -2.52. The van der Waals surface area contributed by atoms with Gasteiger partial charge >= 0.3 is 0 Å². The zero-order chi connectivity index (χ0) is 14.8. The summed E-state index contributed by atoms with van der Waals surface area (Å²) < 4.78 is 10.8. The van der Waals surface area contributed by atoms with E-state index in [-0.39, 0.29) is 28.9 Å². The molecule has 0 aromatic heterocycles. The van der Waals surface area contributed by atoms with Crippen LogP contribution >= 0.6 is 0 Å². The van der Waals surface area contributed by atoms with Crippen molar-refractivity contribution in [2.75, 3.05) is 33.9 Å². The molecule has 2 aliphatic rings. The zero-order valence-corrected chi connectivity index (χ0v) is 13.1. The maximum absolute atomic E-state index is 12.7. The first-order valence-electron chi connectivity index (χ1n) is 7.50. The predicted molar refractivity (Wildman–Crippen MR) is 77.5 cm³/mol. The highest BCUT2D eigenvalue weighted by Gasteiger charge is 2.51. The van der Waals surface area contributed by atoms with Gasteiger partial charge in [0.1, 0.15) is 0 Å². The van der Waals surface area contributed by atoms with Gasteiger partial charge in [-0.2, -0.15) is 0 Å². The quantitative estimate of drug-likeness (QED) is 0.788. The van der Waals surface area contributed by atoms with Gasteiger partial charge < -0.3 is 20.1 Å². The van der Waals surface area contributed by atoms with Crippen molar-refractivity contribution >= 4 is 5.91 Å². The van der Waals surface area contributed by atoms with Gasteiger partial charge in [-0.05, 0) is 32.4 Å². The number of rotatable bonds is 5. The third kappa shape index (κ3) is 2.71. The number of amides is 1. The van der Waals surface area contributed by atoms with Crippen molar-refractivity contribution in [2.24, 2.45) is 10.8 Å². The van der Waals surface area contributed by atoms with E-state index in [0.29, 0.717) is 6.61 Å². The standard InChI is InChI=1S/C15H28N2O3/c1-14(2)11(9-12(14)20-4)17-13(18)15(10-19-3)5-7-16-8-6-15/h11-12,16H,5-10H2,1-4H3,(H,17,18). The third-order valence-corrected chi connectivity index (χ3v) is 5.23. The molecule has 2 fully saturated rings. The molecule has 5 heteroatoms. The number of piperidine rings is 1. The highest BCUT2D eigenvalue weighted by Crippen LogP contribution is 2.43. The Kier molecular flexibility index (Phi) is 4.72. The fraction of sp³-hybridized carbons (Fsp3) is 0.933. The minimum atomic E-state index is -0.367. The van der Waals surface area contributed by atoms with Crippen LogP contribution in [0.4, 0.5) is 0 Å². The highest BCUT2D eigenvalue weighted by atomic mass is 16.5. The largest absolute Gasteiger partial charge is 0.384 e. The first kappa shape index (κ1) is 15.7. The lowest BCUT2D eigenvalue weighted by molar-refractivity contribution is -0.146. The lowest BCUT2D eigenvalue weighted by atomic mass is 9.64. The van der Waals surface area contributed by atoms with E-state index >= 15 is 0 Å². The molecule has 2 unspecified atom stereocenters. The molecular weight excluding hydrogens is 256 g/mol. The topological polar surface area (TPSA) is 59.6 Å². The molecule has 1 heterocycles. The molecule has 0 spiro atoms. The van der Waals surface area contributed by atoms with E-state index in [1.165, 1.54) is 0 Å². The lowest BCUT2D eigenvalue weighted by Crippen LogP contribution is -2.64. The molecule has 2 N–H and O–H groups in total. The summed E-state index contributed by atoms with van der Waals surface area (Å²) in [5.74, 6) is 0.147. The minimum Gasteiger partial charge on any atom is -0.384 e. The van der Waals surface area contributed by atoms with Gasteiger partial charge in [0, 0.05) is 25.7 Å². The van der Waals surface area contributed by atoms with Gasteiger partial charge in [-0.25, -0.2) is 0 Å². The van der Waals surface area contributed by atoms with Gasteiger partial charge in [0.05, 0.1) is 18.1 Å². The van der Waals surface area contributed by atoms with Crippen molar-refractivity contribution in [3.8, 4) is 0 Å². The Bertz CT molecular complexity index is 346. The number of hydrogen-bond acceptors (Lipinski definition) is 4. The molecular formula is C15H28N2O3. The molecule has 116 valence electrons. The van der Waals surface area contributed by atoms with Crippen LogP contribution in [0.5, 0.6) is 0 Å². The fourth-order valence-electron chi connectivity index (χ4n) is 3.46. The van der Waals surface area contributed by atoms with Gasteiger partial charge in [-0.3, -0.25) is 4.79 Å². The van der Waals surface area contributed by atoms with E-state index < -0.39 is 0 Å². The summed E-state index contributed by atoms with van der Waals surface area (Å²) in [7, 11) is 3.41. The Morgan fingerprint density at radius 1 is 1.30 bits per heavy atom. The number of ether oxygens (including phenoxy) is 2. The van der Waals surface area contributed by atoms with Crippen LogP contribution in [0.3, 0.4) is 0 Å². The molecule has 1 aliphatic carbocycles. The van der Waals surface area contributed by atoms with Gasteiger partial charge in [0.2, 0.25) is 5.91 Å². The van der Waals surface area contributed by atoms with Gasteiger partial charge in [0.15, 0.2) is 0 Å². The van der Waals surface area contributed by atoms with Crippen LogP contribution in [0.15, 0.2) is 0 Å². The number of nitrogens with one attached hydrogen (secondary N) is 2. The molecule has 20 heavy (non-hydrogen) atoms. The van der Waals surface area contributed by atoms with Crippen LogP contribution in [0.1, 0.15) is 33.1 Å². The average Bonchev–Trinajstić information content (AvgIpc) is 2.44. The van der Waals surface area contributed by atoms with Gasteiger partial charge in [0.25, 0.3) is 0 Å². The molecule has 2 rings (SSSR count). The molecule has 0 bridgehead atoms. The fourth-order valence-corrected chi connectivity index (χ4v) is 3.46. The molecule has 1 aliphatic heterocycles. The molecule has 0 radical (unpaired) electrons. The van der Waals surface area contributed by atoms with Gasteiger partial charge in [-0.1, -0.05) is 13.8 Å². The second kappa shape index (κ2) is 6.00. The van der Waals surface area contributed by atoms with Crippen molar-refractivity contribution in [1.29, 1.82) is 0 Å². The Labute approximate surface area is 121 Å². The second-order valence-corrected chi connectivity index (χ2v) is 6.77. The van der Waals surface area contributed by atoms with Crippen molar-refractivity contribution in [3.63, 3.8) is 0 Å². The van der Waals surface area contributed by atoms with Gasteiger partial charge in [-0.15, -0.1) is 0 Å². The molecule has 1 saturated heterocycles. The van der Waals surface area contributed by atoms with E-state index in [1.54, 1.807) is 14.2 Å². The Hall–Kier alpha value is -0.650. The van der Waals surface area contributed by atoms with Crippen molar-refractivity contribution < 1.29 is 14.3 Å². The summed E-state index contributed by atoms with van der Waals surface area (Å²) in [4.78, 5) is 12.7. The molecule has 1 saturated carbocycles. The van der Waals surface area contributed by atoms with Crippen LogP contribution in [0.25, 0.3) is 0 Å². The number of hydrogen-bond donors (Lipinski definition) is 2. The SMILES string of the molecule is COCC1(C(=O)NC2CC(OC)C2(C)C)CCNCC1. The number of carbonyl (C=O) groups excluding carboxylic acids is 1. The van der Waals surface area contributed by atoms with Crippen LogP contribution < -0.4 is 10.6 Å². The summed E-state index contributed by atoms with van der Waals surface area (Å²) in [6.45, 7) is 6.57. The highest BCUT2D eigenvalue weighted by molar-refractivity contribution is 5.83. The Balaban J connectivity index is 1.99. The van der Waals surface area contributed by atoms with Crippen molar-refractivity contribution in [2.45, 2.75) is 45.3 Å². The summed E-state index contributed by atoms with van der Waals surface area (Å²) >= 11 is 0. The van der Waals surface area contributed by atoms with E-state index in [4.69, 9.17) is 9.47 Å². The monoisotopic (exact) mass is 284 g/mol. The number of carbonyl (C=O) groups is 1. The third-order valence-electron chi connectivity index (χ3n) is 5.23. The second-order valence-electron chi connectivity index (χ2n) is 6.77. The van der Waals surface area contributed by atoms with Crippen LogP contribution in [0, 0.1) is 10.8 Å². The Morgan fingerprint density at radius 2 is 1.95 bits per heavy atom. The van der Waals surface area contributed by atoms with E-state index in [2.05, 4.69) is 24.5 Å². The average molecular weight is 284 g/mol. The van der Waals surface area contributed by atoms with E-state index in [0.717, 1.165) is 32.4 Å². The zero-order valence-electron chi connectivity index (χ0n) is 13.1. The summed E-state index contributed by atoms with van der Waals surface area (Å²) in [6.07, 6.45) is 2.82. The molecule has 0 aromatic carbocycles. The molecule has 2 atom stereocenters. The maximum Gasteiger partial charge on any atom is 0.228 e. The van der Waals surface area contributed by atoms with E-state index in [9.17, 15) is 4.79 Å². The summed E-state index contributed by atoms with van der Waals surface area (Å²) in [5.41, 5.74) is -0.361. The summed E-state index contributed by atoms with van der Waals surface area (Å²) in [6, 6.07) is 0.198. The Morgan fingerprint density at radius 3 is 2.45 bits per heavy atom. The first-order chi connectivity index (χ1) is 9.46. The molecule has 5 nitrogen and oxygen atoms in total. The van der Waals surface area contributed by atoms with E-state index in [1.807, 2.05) is 0 Å².